The summed E-state index contributed by atoms with van der Waals surface area (Å²) in [4.78, 5) is 0.226. The molecule has 0 unspecified atom stereocenters. The molecular formula is C15H17BrN2O2S. The van der Waals surface area contributed by atoms with Crippen molar-refractivity contribution in [2.75, 3.05) is 10.5 Å². The van der Waals surface area contributed by atoms with Gasteiger partial charge in [0.1, 0.15) is 0 Å². The standard InChI is InChI=1S/C15H17BrN2O2S/c1-3-11-7-8-12(17)9-15(11)21(19,20)18-14-6-4-5-13(16)10(14)2/h4-9,18H,3,17H2,1-2H3. The molecule has 3 N–H and O–H groups in total. The first-order valence-corrected chi connectivity index (χ1v) is 8.79. The largest absolute Gasteiger partial charge is 0.399 e. The molecule has 4 nitrogen and oxygen atoms in total. The fourth-order valence-electron chi connectivity index (χ4n) is 2.03. The van der Waals surface area contributed by atoms with Crippen molar-refractivity contribution in [3.05, 3.63) is 52.0 Å². The molecule has 0 atom stereocenters. The summed E-state index contributed by atoms with van der Waals surface area (Å²) >= 11 is 3.39. The molecule has 2 aromatic rings. The first-order chi connectivity index (χ1) is 9.85. The Kier molecular flexibility index (Phi) is 4.58. The van der Waals surface area contributed by atoms with Crippen molar-refractivity contribution in [1.29, 1.82) is 0 Å². The number of nitrogen functional groups attached to an aromatic ring is 1. The summed E-state index contributed by atoms with van der Waals surface area (Å²) in [6, 6.07) is 10.3. The zero-order valence-corrected chi connectivity index (χ0v) is 14.3. The Bertz CT molecular complexity index is 773. The fraction of sp³-hybridized carbons (Fsp3) is 0.200. The third-order valence-corrected chi connectivity index (χ3v) is 5.58. The van der Waals surface area contributed by atoms with E-state index in [1.807, 2.05) is 19.9 Å². The maximum absolute atomic E-state index is 12.6. The number of rotatable bonds is 4. The molecule has 112 valence electrons. The van der Waals surface area contributed by atoms with Gasteiger partial charge >= 0.3 is 0 Å². The molecule has 2 aromatic carbocycles. The lowest BCUT2D eigenvalue weighted by Gasteiger charge is -2.14. The number of anilines is 2. The predicted octanol–water partition coefficient (Wildman–Crippen LogP) is 3.70. The molecule has 0 fully saturated rings. The van der Waals surface area contributed by atoms with E-state index in [4.69, 9.17) is 5.73 Å². The van der Waals surface area contributed by atoms with Gasteiger partial charge in [0, 0.05) is 10.2 Å². The summed E-state index contributed by atoms with van der Waals surface area (Å²) in [5, 5.41) is 0. The second kappa shape index (κ2) is 6.07. The summed E-state index contributed by atoms with van der Waals surface area (Å²) in [5.74, 6) is 0. The van der Waals surface area contributed by atoms with Crippen molar-refractivity contribution in [3.8, 4) is 0 Å². The Balaban J connectivity index is 2.48. The Hall–Kier alpha value is -1.53. The van der Waals surface area contributed by atoms with Gasteiger partial charge in [-0.1, -0.05) is 35.0 Å². The van der Waals surface area contributed by atoms with E-state index in [1.165, 1.54) is 6.07 Å². The van der Waals surface area contributed by atoms with E-state index < -0.39 is 10.0 Å². The first-order valence-electron chi connectivity index (χ1n) is 6.51. The van der Waals surface area contributed by atoms with Gasteiger partial charge in [-0.2, -0.15) is 0 Å². The van der Waals surface area contributed by atoms with Gasteiger partial charge in [0.2, 0.25) is 0 Å². The number of halogens is 1. The van der Waals surface area contributed by atoms with Gasteiger partial charge in [0.05, 0.1) is 10.6 Å². The van der Waals surface area contributed by atoms with E-state index in [2.05, 4.69) is 20.7 Å². The molecule has 0 bridgehead atoms. The van der Waals surface area contributed by atoms with E-state index in [1.54, 1.807) is 24.3 Å². The van der Waals surface area contributed by atoms with Crippen LogP contribution in [0.3, 0.4) is 0 Å². The fourth-order valence-corrected chi connectivity index (χ4v) is 3.87. The third kappa shape index (κ3) is 3.39. The minimum Gasteiger partial charge on any atom is -0.399 e. The highest BCUT2D eigenvalue weighted by Gasteiger charge is 2.19. The normalized spacial score (nSPS) is 11.4. The van der Waals surface area contributed by atoms with E-state index in [0.717, 1.165) is 15.6 Å². The number of nitrogens with two attached hydrogens (primary N) is 1. The van der Waals surface area contributed by atoms with Crippen molar-refractivity contribution in [1.82, 2.24) is 0 Å². The van der Waals surface area contributed by atoms with Crippen molar-refractivity contribution in [2.45, 2.75) is 25.2 Å². The lowest BCUT2D eigenvalue weighted by molar-refractivity contribution is 0.600. The van der Waals surface area contributed by atoms with Crippen molar-refractivity contribution in [3.63, 3.8) is 0 Å². The molecule has 0 spiro atoms. The van der Waals surface area contributed by atoms with Crippen LogP contribution in [-0.4, -0.2) is 8.42 Å². The molecule has 21 heavy (non-hydrogen) atoms. The van der Waals surface area contributed by atoms with E-state index in [-0.39, 0.29) is 4.90 Å². The second-order valence-electron chi connectivity index (χ2n) is 4.74. The average Bonchev–Trinajstić information content (AvgIpc) is 2.44. The van der Waals surface area contributed by atoms with Gasteiger partial charge in [-0.3, -0.25) is 4.72 Å². The van der Waals surface area contributed by atoms with Crippen molar-refractivity contribution < 1.29 is 8.42 Å². The average molecular weight is 369 g/mol. The van der Waals surface area contributed by atoms with Crippen LogP contribution in [0.1, 0.15) is 18.1 Å². The van der Waals surface area contributed by atoms with Crippen LogP contribution < -0.4 is 10.5 Å². The Labute approximate surface area is 133 Å². The third-order valence-electron chi connectivity index (χ3n) is 3.27. The zero-order chi connectivity index (χ0) is 15.6. The molecular weight excluding hydrogens is 352 g/mol. The monoisotopic (exact) mass is 368 g/mol. The van der Waals surface area contributed by atoms with Crippen LogP contribution in [0.25, 0.3) is 0 Å². The summed E-state index contributed by atoms with van der Waals surface area (Å²) in [7, 11) is -3.67. The summed E-state index contributed by atoms with van der Waals surface area (Å²) in [5.41, 5.74) is 8.28. The van der Waals surface area contributed by atoms with Gasteiger partial charge < -0.3 is 5.73 Å². The molecule has 0 aliphatic heterocycles. The Morgan fingerprint density at radius 1 is 1.24 bits per heavy atom. The summed E-state index contributed by atoms with van der Waals surface area (Å²) in [6.07, 6.45) is 0.619. The van der Waals surface area contributed by atoms with Crippen molar-refractivity contribution in [2.24, 2.45) is 0 Å². The number of nitrogens with one attached hydrogen (secondary N) is 1. The van der Waals surface area contributed by atoms with Gasteiger partial charge in [-0.05, 0) is 48.7 Å². The van der Waals surface area contributed by atoms with Gasteiger partial charge in [-0.15, -0.1) is 0 Å². The molecule has 0 aliphatic carbocycles. The second-order valence-corrected chi connectivity index (χ2v) is 7.24. The number of hydrogen-bond donors (Lipinski definition) is 2. The zero-order valence-electron chi connectivity index (χ0n) is 11.9. The van der Waals surface area contributed by atoms with Crippen LogP contribution >= 0.6 is 15.9 Å². The molecule has 6 heteroatoms. The smallest absolute Gasteiger partial charge is 0.262 e. The maximum atomic E-state index is 12.6. The minimum atomic E-state index is -3.67. The van der Waals surface area contributed by atoms with E-state index in [9.17, 15) is 8.42 Å². The summed E-state index contributed by atoms with van der Waals surface area (Å²) in [6.45, 7) is 3.76. The van der Waals surface area contributed by atoms with Gasteiger partial charge in [-0.25, -0.2) is 8.42 Å². The Morgan fingerprint density at radius 2 is 1.95 bits per heavy atom. The molecule has 0 aliphatic rings. The molecule has 2 rings (SSSR count). The maximum Gasteiger partial charge on any atom is 0.262 e. The molecule has 0 aromatic heterocycles. The lowest BCUT2D eigenvalue weighted by atomic mass is 10.1. The van der Waals surface area contributed by atoms with Gasteiger partial charge in [0.25, 0.3) is 10.0 Å². The van der Waals surface area contributed by atoms with E-state index >= 15 is 0 Å². The molecule has 0 saturated heterocycles. The van der Waals surface area contributed by atoms with Crippen LogP contribution in [0.4, 0.5) is 11.4 Å². The van der Waals surface area contributed by atoms with Crippen LogP contribution in [-0.2, 0) is 16.4 Å². The predicted molar refractivity (Wildman–Crippen MR) is 89.9 cm³/mol. The highest BCUT2D eigenvalue weighted by molar-refractivity contribution is 9.10. The SMILES string of the molecule is CCc1ccc(N)cc1S(=O)(=O)Nc1cccc(Br)c1C. The lowest BCUT2D eigenvalue weighted by Crippen LogP contribution is -2.16. The highest BCUT2D eigenvalue weighted by atomic mass is 79.9. The molecule has 0 amide bonds. The van der Waals surface area contributed by atoms with Crippen LogP contribution in [0.15, 0.2) is 45.8 Å². The number of aryl methyl sites for hydroxylation is 1. The quantitative estimate of drug-likeness (QED) is 0.808. The van der Waals surface area contributed by atoms with E-state index in [0.29, 0.717) is 17.8 Å². The summed E-state index contributed by atoms with van der Waals surface area (Å²) < 4.78 is 28.7. The minimum absolute atomic E-state index is 0.226. The van der Waals surface area contributed by atoms with Crippen LogP contribution in [0.5, 0.6) is 0 Å². The molecule has 0 radical (unpaired) electrons. The Morgan fingerprint density at radius 3 is 2.62 bits per heavy atom. The topological polar surface area (TPSA) is 72.2 Å². The number of hydrogen-bond acceptors (Lipinski definition) is 3. The first kappa shape index (κ1) is 15.9. The molecule has 0 heterocycles. The number of sulfonamides is 1. The number of benzene rings is 2. The van der Waals surface area contributed by atoms with Gasteiger partial charge in [0.15, 0.2) is 0 Å². The van der Waals surface area contributed by atoms with Crippen LogP contribution in [0, 0.1) is 6.92 Å². The highest BCUT2D eigenvalue weighted by Crippen LogP contribution is 2.27. The van der Waals surface area contributed by atoms with Crippen molar-refractivity contribution >= 4 is 37.3 Å². The van der Waals surface area contributed by atoms with Crippen LogP contribution in [0.2, 0.25) is 0 Å². The molecule has 0 saturated carbocycles.